The molecule has 0 saturated heterocycles. The number of aliphatic hydroxyl groups is 1. The van der Waals surface area contributed by atoms with E-state index in [1.54, 1.807) is 6.92 Å². The standard InChI is InChI=1S/C8H15NO2/c1-3-4-5-6(2)7(10)8(9)11/h10H,3-5H2,1-2H3,(H2,9,11). The normalized spacial score (nSPS) is 12.5. The highest BCUT2D eigenvalue weighted by molar-refractivity contribution is 5.90. The molecular formula is C8H15NO2. The van der Waals surface area contributed by atoms with Crippen molar-refractivity contribution in [2.45, 2.75) is 33.1 Å². The van der Waals surface area contributed by atoms with Crippen molar-refractivity contribution >= 4 is 5.91 Å². The van der Waals surface area contributed by atoms with Crippen LogP contribution in [0.1, 0.15) is 33.1 Å². The van der Waals surface area contributed by atoms with Crippen LogP contribution in [0.2, 0.25) is 0 Å². The van der Waals surface area contributed by atoms with E-state index >= 15 is 0 Å². The molecule has 0 spiro atoms. The number of hydrogen-bond donors (Lipinski definition) is 2. The van der Waals surface area contributed by atoms with Gasteiger partial charge in [0.2, 0.25) is 0 Å². The summed E-state index contributed by atoms with van der Waals surface area (Å²) < 4.78 is 0. The fourth-order valence-electron chi connectivity index (χ4n) is 0.771. The van der Waals surface area contributed by atoms with E-state index in [4.69, 9.17) is 10.8 Å². The molecule has 0 fully saturated rings. The number of allylic oxidation sites excluding steroid dienone is 1. The number of amides is 1. The van der Waals surface area contributed by atoms with E-state index in [2.05, 4.69) is 6.92 Å². The van der Waals surface area contributed by atoms with Crippen LogP contribution in [-0.4, -0.2) is 11.0 Å². The van der Waals surface area contributed by atoms with Crippen molar-refractivity contribution < 1.29 is 9.90 Å². The molecule has 0 aliphatic rings. The van der Waals surface area contributed by atoms with E-state index in [1.807, 2.05) is 0 Å². The Morgan fingerprint density at radius 1 is 1.55 bits per heavy atom. The number of primary amides is 1. The van der Waals surface area contributed by atoms with Gasteiger partial charge in [0, 0.05) is 0 Å². The lowest BCUT2D eigenvalue weighted by molar-refractivity contribution is -0.117. The minimum absolute atomic E-state index is 0.279. The Kier molecular flexibility index (Phi) is 4.34. The predicted octanol–water partition coefficient (Wildman–Crippen LogP) is 1.49. The minimum Gasteiger partial charge on any atom is -0.503 e. The van der Waals surface area contributed by atoms with Crippen molar-refractivity contribution in [2.75, 3.05) is 0 Å². The van der Waals surface area contributed by atoms with Crippen LogP contribution >= 0.6 is 0 Å². The molecule has 0 bridgehead atoms. The van der Waals surface area contributed by atoms with E-state index in [-0.39, 0.29) is 5.76 Å². The number of nitrogens with two attached hydrogens (primary N) is 1. The molecule has 0 saturated carbocycles. The number of rotatable bonds is 4. The van der Waals surface area contributed by atoms with Gasteiger partial charge in [-0.3, -0.25) is 4.79 Å². The second-order valence-corrected chi connectivity index (χ2v) is 2.60. The first kappa shape index (κ1) is 10.0. The van der Waals surface area contributed by atoms with Crippen LogP contribution in [-0.2, 0) is 4.79 Å². The summed E-state index contributed by atoms with van der Waals surface area (Å²) in [4.78, 5) is 10.4. The SMILES string of the molecule is CCCCC(C)=C(O)C(N)=O. The molecule has 64 valence electrons. The lowest BCUT2D eigenvalue weighted by Crippen LogP contribution is -2.14. The van der Waals surface area contributed by atoms with Crippen molar-refractivity contribution in [1.82, 2.24) is 0 Å². The van der Waals surface area contributed by atoms with Gasteiger partial charge in [0.25, 0.3) is 5.91 Å². The van der Waals surface area contributed by atoms with Crippen LogP contribution in [0.15, 0.2) is 11.3 Å². The molecule has 3 heteroatoms. The topological polar surface area (TPSA) is 63.3 Å². The average Bonchev–Trinajstić information content (AvgIpc) is 1.98. The minimum atomic E-state index is -0.737. The molecule has 3 nitrogen and oxygen atoms in total. The molecule has 11 heavy (non-hydrogen) atoms. The third-order valence-electron chi connectivity index (χ3n) is 1.54. The molecule has 0 aromatic carbocycles. The van der Waals surface area contributed by atoms with Crippen molar-refractivity contribution in [3.63, 3.8) is 0 Å². The maximum atomic E-state index is 10.4. The highest BCUT2D eigenvalue weighted by Gasteiger charge is 2.05. The number of unbranched alkanes of at least 4 members (excludes halogenated alkanes) is 1. The van der Waals surface area contributed by atoms with E-state index in [0.717, 1.165) is 19.3 Å². The van der Waals surface area contributed by atoms with Gasteiger partial charge in [0.05, 0.1) is 0 Å². The summed E-state index contributed by atoms with van der Waals surface area (Å²) >= 11 is 0. The van der Waals surface area contributed by atoms with Crippen molar-refractivity contribution in [2.24, 2.45) is 5.73 Å². The lowest BCUT2D eigenvalue weighted by Gasteiger charge is -2.00. The number of carbonyl (C=O) groups excluding carboxylic acids is 1. The molecule has 0 unspecified atom stereocenters. The molecule has 0 aliphatic carbocycles. The maximum absolute atomic E-state index is 10.4. The molecule has 0 radical (unpaired) electrons. The van der Waals surface area contributed by atoms with Gasteiger partial charge in [-0.05, 0) is 25.3 Å². The molecule has 3 N–H and O–H groups in total. The van der Waals surface area contributed by atoms with E-state index in [1.165, 1.54) is 0 Å². The number of carbonyl (C=O) groups is 1. The van der Waals surface area contributed by atoms with Crippen LogP contribution < -0.4 is 5.73 Å². The maximum Gasteiger partial charge on any atom is 0.283 e. The Hall–Kier alpha value is -0.990. The zero-order valence-electron chi connectivity index (χ0n) is 7.05. The highest BCUT2D eigenvalue weighted by atomic mass is 16.3. The van der Waals surface area contributed by atoms with Crippen LogP contribution in [0.4, 0.5) is 0 Å². The first-order valence-corrected chi connectivity index (χ1v) is 3.78. The third-order valence-corrected chi connectivity index (χ3v) is 1.54. The molecule has 0 aromatic heterocycles. The molecular weight excluding hydrogens is 142 g/mol. The van der Waals surface area contributed by atoms with Crippen LogP contribution in [0.25, 0.3) is 0 Å². The van der Waals surface area contributed by atoms with Crippen LogP contribution in [0.3, 0.4) is 0 Å². The Labute approximate surface area is 66.9 Å². The van der Waals surface area contributed by atoms with Gasteiger partial charge in [0.1, 0.15) is 0 Å². The molecule has 0 atom stereocenters. The largest absolute Gasteiger partial charge is 0.503 e. The second kappa shape index (κ2) is 4.77. The Balaban J connectivity index is 4.05. The fraction of sp³-hybridized carbons (Fsp3) is 0.625. The smallest absolute Gasteiger partial charge is 0.283 e. The van der Waals surface area contributed by atoms with E-state index in [9.17, 15) is 4.79 Å². The van der Waals surface area contributed by atoms with Gasteiger partial charge in [-0.15, -0.1) is 0 Å². The number of aliphatic hydroxyl groups excluding tert-OH is 1. The zero-order valence-corrected chi connectivity index (χ0v) is 7.05. The Morgan fingerprint density at radius 3 is 2.45 bits per heavy atom. The summed E-state index contributed by atoms with van der Waals surface area (Å²) in [5, 5.41) is 9.03. The van der Waals surface area contributed by atoms with E-state index in [0.29, 0.717) is 5.57 Å². The quantitative estimate of drug-likeness (QED) is 0.479. The summed E-state index contributed by atoms with van der Waals surface area (Å²) in [5.74, 6) is -1.02. The molecule has 0 rings (SSSR count). The van der Waals surface area contributed by atoms with Gasteiger partial charge in [-0.1, -0.05) is 13.3 Å². The fourth-order valence-corrected chi connectivity index (χ4v) is 0.771. The van der Waals surface area contributed by atoms with Gasteiger partial charge in [-0.2, -0.15) is 0 Å². The summed E-state index contributed by atoms with van der Waals surface area (Å²) in [6, 6.07) is 0. The van der Waals surface area contributed by atoms with Crippen molar-refractivity contribution in [3.8, 4) is 0 Å². The van der Waals surface area contributed by atoms with Crippen molar-refractivity contribution in [1.29, 1.82) is 0 Å². The van der Waals surface area contributed by atoms with Crippen LogP contribution in [0.5, 0.6) is 0 Å². The molecule has 0 aromatic rings. The zero-order chi connectivity index (χ0) is 8.85. The van der Waals surface area contributed by atoms with Gasteiger partial charge in [-0.25, -0.2) is 0 Å². The van der Waals surface area contributed by atoms with E-state index < -0.39 is 5.91 Å². The molecule has 1 amide bonds. The summed E-state index contributed by atoms with van der Waals surface area (Å²) in [7, 11) is 0. The third kappa shape index (κ3) is 3.65. The Bertz CT molecular complexity index is 173. The highest BCUT2D eigenvalue weighted by Crippen LogP contribution is 2.09. The lowest BCUT2D eigenvalue weighted by atomic mass is 10.1. The number of hydrogen-bond acceptors (Lipinski definition) is 2. The summed E-state index contributed by atoms with van der Waals surface area (Å²) in [6.07, 6.45) is 2.76. The van der Waals surface area contributed by atoms with Gasteiger partial charge >= 0.3 is 0 Å². The predicted molar refractivity (Wildman–Crippen MR) is 44.0 cm³/mol. The summed E-state index contributed by atoms with van der Waals surface area (Å²) in [6.45, 7) is 3.77. The van der Waals surface area contributed by atoms with Crippen molar-refractivity contribution in [3.05, 3.63) is 11.3 Å². The molecule has 0 heterocycles. The first-order valence-electron chi connectivity index (χ1n) is 3.78. The second-order valence-electron chi connectivity index (χ2n) is 2.60. The van der Waals surface area contributed by atoms with Gasteiger partial charge in [0.15, 0.2) is 5.76 Å². The Morgan fingerprint density at radius 2 is 2.09 bits per heavy atom. The van der Waals surface area contributed by atoms with Crippen LogP contribution in [0, 0.1) is 0 Å². The van der Waals surface area contributed by atoms with Gasteiger partial charge < -0.3 is 10.8 Å². The summed E-state index contributed by atoms with van der Waals surface area (Å²) in [5.41, 5.74) is 5.54. The molecule has 0 aliphatic heterocycles. The first-order chi connectivity index (χ1) is 5.09. The monoisotopic (exact) mass is 157 g/mol. The average molecular weight is 157 g/mol.